The Morgan fingerprint density at radius 3 is 2.52 bits per heavy atom. The molecule has 0 aliphatic rings. The number of amides is 1. The summed E-state index contributed by atoms with van der Waals surface area (Å²) in [6.07, 6.45) is 2.15. The van der Waals surface area contributed by atoms with Crippen LogP contribution in [-0.2, 0) is 11.2 Å². The summed E-state index contributed by atoms with van der Waals surface area (Å²) in [7, 11) is 0. The second-order valence-electron chi connectivity index (χ2n) is 5.15. The van der Waals surface area contributed by atoms with E-state index >= 15 is 0 Å². The van der Waals surface area contributed by atoms with Crippen LogP contribution in [-0.4, -0.2) is 19.1 Å². The summed E-state index contributed by atoms with van der Waals surface area (Å²) < 4.78 is 5.30. The quantitative estimate of drug-likeness (QED) is 0.624. The van der Waals surface area contributed by atoms with E-state index in [4.69, 9.17) is 10.00 Å². The van der Waals surface area contributed by atoms with Crippen molar-refractivity contribution in [2.75, 3.05) is 13.2 Å². The summed E-state index contributed by atoms with van der Waals surface area (Å²) >= 11 is 0. The molecule has 25 heavy (non-hydrogen) atoms. The molecular formula is C20H17N3O2. The van der Waals surface area contributed by atoms with Crippen LogP contribution in [0.15, 0.2) is 60.2 Å². The van der Waals surface area contributed by atoms with Crippen molar-refractivity contribution in [3.05, 3.63) is 71.3 Å². The number of carbonyl (C=O) groups excluding carboxylic acids is 1. The van der Waals surface area contributed by atoms with Crippen molar-refractivity contribution in [2.45, 2.75) is 6.42 Å². The Hall–Kier alpha value is -3.57. The normalized spacial score (nSPS) is 10.4. The molecule has 0 spiro atoms. The summed E-state index contributed by atoms with van der Waals surface area (Å²) in [6.45, 7) is 0.338. The van der Waals surface area contributed by atoms with Gasteiger partial charge < -0.3 is 10.1 Å². The van der Waals surface area contributed by atoms with Gasteiger partial charge in [0.05, 0.1) is 0 Å². The van der Waals surface area contributed by atoms with Crippen LogP contribution in [0.5, 0.6) is 5.75 Å². The standard InChI is InChI=1S/C20H17N3O2/c21-11-13-25-19-9-5-4-8-17(19)14-18(15-22)20(24)23-12-10-16-6-2-1-3-7-16/h1-9,14H,10,12-13H2,(H,23,24)/b18-14+. The third kappa shape index (κ3) is 5.53. The van der Waals surface area contributed by atoms with Crippen LogP contribution < -0.4 is 10.1 Å². The molecule has 5 nitrogen and oxygen atoms in total. The Labute approximate surface area is 146 Å². The first-order valence-electron chi connectivity index (χ1n) is 7.77. The summed E-state index contributed by atoms with van der Waals surface area (Å²) in [5.74, 6) is 0.0161. The highest BCUT2D eigenvalue weighted by Crippen LogP contribution is 2.20. The van der Waals surface area contributed by atoms with Crippen molar-refractivity contribution in [1.82, 2.24) is 5.32 Å². The van der Waals surface area contributed by atoms with Crippen molar-refractivity contribution in [1.29, 1.82) is 10.5 Å². The Bertz CT molecular complexity index is 830. The maximum absolute atomic E-state index is 12.2. The lowest BCUT2D eigenvalue weighted by atomic mass is 10.1. The number of hydrogen-bond acceptors (Lipinski definition) is 4. The van der Waals surface area contributed by atoms with E-state index in [2.05, 4.69) is 5.32 Å². The molecule has 1 N–H and O–H groups in total. The first kappa shape index (κ1) is 17.8. The molecule has 124 valence electrons. The molecule has 1 amide bonds. The summed E-state index contributed by atoms with van der Waals surface area (Å²) in [6, 6.07) is 20.5. The zero-order valence-corrected chi connectivity index (χ0v) is 13.6. The largest absolute Gasteiger partial charge is 0.478 e. The highest BCUT2D eigenvalue weighted by atomic mass is 16.5. The molecule has 0 radical (unpaired) electrons. The molecule has 0 unspecified atom stereocenters. The number of ether oxygens (including phenoxy) is 1. The van der Waals surface area contributed by atoms with Gasteiger partial charge in [-0.1, -0.05) is 48.5 Å². The van der Waals surface area contributed by atoms with Gasteiger partial charge in [-0.05, 0) is 24.1 Å². The molecular weight excluding hydrogens is 314 g/mol. The van der Waals surface area contributed by atoms with E-state index in [1.54, 1.807) is 24.3 Å². The average Bonchev–Trinajstić information content (AvgIpc) is 2.66. The predicted octanol–water partition coefficient (Wildman–Crippen LogP) is 2.85. The predicted molar refractivity (Wildman–Crippen MR) is 94.3 cm³/mol. The van der Waals surface area contributed by atoms with Crippen LogP contribution in [0.25, 0.3) is 6.08 Å². The SMILES string of the molecule is N#CCOc1ccccc1/C=C(\C#N)C(=O)NCCc1ccccc1. The third-order valence-corrected chi connectivity index (χ3v) is 3.42. The van der Waals surface area contributed by atoms with E-state index in [1.807, 2.05) is 42.5 Å². The number of para-hydroxylation sites is 1. The van der Waals surface area contributed by atoms with Crippen LogP contribution in [0.2, 0.25) is 0 Å². The van der Waals surface area contributed by atoms with Crippen LogP contribution in [0.4, 0.5) is 0 Å². The molecule has 0 aliphatic carbocycles. The molecule has 0 atom stereocenters. The van der Waals surface area contributed by atoms with Gasteiger partial charge in [0.2, 0.25) is 0 Å². The number of nitrogens with zero attached hydrogens (tertiary/aromatic N) is 2. The molecule has 5 heteroatoms. The molecule has 0 heterocycles. The zero-order valence-electron chi connectivity index (χ0n) is 13.6. The van der Waals surface area contributed by atoms with Gasteiger partial charge in [-0.15, -0.1) is 0 Å². The fraction of sp³-hybridized carbons (Fsp3) is 0.150. The van der Waals surface area contributed by atoms with E-state index in [9.17, 15) is 10.1 Å². The molecule has 2 rings (SSSR count). The van der Waals surface area contributed by atoms with Crippen molar-refractivity contribution in [2.24, 2.45) is 0 Å². The molecule has 0 aliphatic heterocycles. The van der Waals surface area contributed by atoms with E-state index in [1.165, 1.54) is 6.08 Å². The van der Waals surface area contributed by atoms with Gasteiger partial charge in [0.15, 0.2) is 6.61 Å². The van der Waals surface area contributed by atoms with Crippen LogP contribution in [0.1, 0.15) is 11.1 Å². The first-order valence-corrected chi connectivity index (χ1v) is 7.77. The monoisotopic (exact) mass is 331 g/mol. The van der Waals surface area contributed by atoms with Crippen molar-refractivity contribution in [3.63, 3.8) is 0 Å². The maximum atomic E-state index is 12.2. The van der Waals surface area contributed by atoms with Gasteiger partial charge >= 0.3 is 0 Å². The van der Waals surface area contributed by atoms with Crippen molar-refractivity contribution < 1.29 is 9.53 Å². The van der Waals surface area contributed by atoms with Crippen LogP contribution in [0.3, 0.4) is 0 Å². The Balaban J connectivity index is 2.03. The minimum Gasteiger partial charge on any atom is -0.478 e. The van der Waals surface area contributed by atoms with Gasteiger partial charge in [-0.3, -0.25) is 4.79 Å². The highest BCUT2D eigenvalue weighted by molar-refractivity contribution is 6.01. The highest BCUT2D eigenvalue weighted by Gasteiger charge is 2.10. The van der Waals surface area contributed by atoms with Crippen LogP contribution >= 0.6 is 0 Å². The molecule has 2 aromatic carbocycles. The lowest BCUT2D eigenvalue weighted by Crippen LogP contribution is -2.26. The zero-order chi connectivity index (χ0) is 17.9. The Morgan fingerprint density at radius 2 is 1.80 bits per heavy atom. The number of hydrogen-bond donors (Lipinski definition) is 1. The second kappa shape index (κ2) is 9.54. The van der Waals surface area contributed by atoms with Gasteiger partial charge in [0.25, 0.3) is 5.91 Å². The fourth-order valence-electron chi connectivity index (χ4n) is 2.21. The molecule has 0 saturated carbocycles. The fourth-order valence-corrected chi connectivity index (χ4v) is 2.21. The van der Waals surface area contributed by atoms with Gasteiger partial charge in [-0.2, -0.15) is 10.5 Å². The third-order valence-electron chi connectivity index (χ3n) is 3.42. The molecule has 0 saturated heterocycles. The number of rotatable bonds is 7. The summed E-state index contributed by atoms with van der Waals surface area (Å²) in [5, 5.41) is 20.6. The van der Waals surface area contributed by atoms with E-state index < -0.39 is 5.91 Å². The second-order valence-corrected chi connectivity index (χ2v) is 5.15. The topological polar surface area (TPSA) is 85.9 Å². The number of carbonyl (C=O) groups is 1. The Morgan fingerprint density at radius 1 is 1.08 bits per heavy atom. The average molecular weight is 331 g/mol. The number of benzene rings is 2. The molecule has 0 aromatic heterocycles. The van der Waals surface area contributed by atoms with E-state index in [0.717, 1.165) is 5.56 Å². The first-order chi connectivity index (χ1) is 12.2. The lowest BCUT2D eigenvalue weighted by Gasteiger charge is -2.07. The van der Waals surface area contributed by atoms with Crippen molar-refractivity contribution in [3.8, 4) is 17.9 Å². The van der Waals surface area contributed by atoms with Crippen molar-refractivity contribution >= 4 is 12.0 Å². The molecule has 2 aromatic rings. The summed E-state index contributed by atoms with van der Waals surface area (Å²) in [4.78, 5) is 12.2. The summed E-state index contributed by atoms with van der Waals surface area (Å²) in [5.41, 5.74) is 1.68. The molecule has 0 bridgehead atoms. The number of nitriles is 2. The maximum Gasteiger partial charge on any atom is 0.261 e. The van der Waals surface area contributed by atoms with Crippen LogP contribution in [0, 0.1) is 22.7 Å². The molecule has 0 fully saturated rings. The number of nitrogens with one attached hydrogen (secondary N) is 1. The van der Waals surface area contributed by atoms with Gasteiger partial charge in [0.1, 0.15) is 23.5 Å². The van der Waals surface area contributed by atoms with E-state index in [-0.39, 0.29) is 12.2 Å². The van der Waals surface area contributed by atoms with Gasteiger partial charge in [0, 0.05) is 12.1 Å². The minimum atomic E-state index is -0.437. The minimum absolute atomic E-state index is 0.0129. The van der Waals surface area contributed by atoms with E-state index in [0.29, 0.717) is 24.3 Å². The van der Waals surface area contributed by atoms with Gasteiger partial charge in [-0.25, -0.2) is 0 Å². The smallest absolute Gasteiger partial charge is 0.261 e. The Kier molecular flexibility index (Phi) is 6.79. The lowest BCUT2D eigenvalue weighted by molar-refractivity contribution is -0.117.